The van der Waals surface area contributed by atoms with Crippen molar-refractivity contribution in [1.29, 1.82) is 0 Å². The molecule has 0 aliphatic heterocycles. The summed E-state index contributed by atoms with van der Waals surface area (Å²) in [6.07, 6.45) is 6.57. The highest BCUT2D eigenvalue weighted by molar-refractivity contribution is 7.12. The van der Waals surface area contributed by atoms with Gasteiger partial charge in [-0.1, -0.05) is 19.3 Å². The molecule has 0 atom stereocenters. The van der Waals surface area contributed by atoms with Gasteiger partial charge in [-0.15, -0.1) is 11.3 Å². The maximum absolute atomic E-state index is 12.1. The fourth-order valence-electron chi connectivity index (χ4n) is 2.69. The van der Waals surface area contributed by atoms with Gasteiger partial charge in [-0.25, -0.2) is 4.79 Å². The Kier molecular flexibility index (Phi) is 5.17. The van der Waals surface area contributed by atoms with Crippen molar-refractivity contribution >= 4 is 28.9 Å². The summed E-state index contributed by atoms with van der Waals surface area (Å²) in [5.74, 6) is 0.101. The van der Waals surface area contributed by atoms with Gasteiger partial charge < -0.3 is 10.1 Å². The van der Waals surface area contributed by atoms with Crippen LogP contribution in [0.3, 0.4) is 0 Å². The summed E-state index contributed by atoms with van der Waals surface area (Å²) >= 11 is 1.31. The minimum Gasteiger partial charge on any atom is -0.465 e. The predicted molar refractivity (Wildman–Crippen MR) is 80.2 cm³/mol. The molecule has 0 radical (unpaired) electrons. The molecule has 1 amide bonds. The van der Waals surface area contributed by atoms with Gasteiger partial charge in [0.05, 0.1) is 12.8 Å². The van der Waals surface area contributed by atoms with E-state index in [1.807, 2.05) is 12.3 Å². The monoisotopic (exact) mass is 295 g/mol. The number of aryl methyl sites for hydroxylation is 1. The molecule has 1 aromatic rings. The van der Waals surface area contributed by atoms with E-state index in [2.05, 4.69) is 5.32 Å². The second kappa shape index (κ2) is 6.88. The van der Waals surface area contributed by atoms with Crippen molar-refractivity contribution in [1.82, 2.24) is 0 Å². The summed E-state index contributed by atoms with van der Waals surface area (Å²) in [6, 6.07) is 0. The molecule has 5 heteroatoms. The summed E-state index contributed by atoms with van der Waals surface area (Å²) < 4.78 is 4.74. The minimum absolute atomic E-state index is 0.00329. The first-order chi connectivity index (χ1) is 9.61. The van der Waals surface area contributed by atoms with E-state index in [9.17, 15) is 9.59 Å². The van der Waals surface area contributed by atoms with E-state index in [1.54, 1.807) is 0 Å². The fourth-order valence-corrected chi connectivity index (χ4v) is 3.61. The van der Waals surface area contributed by atoms with Gasteiger partial charge in [-0.05, 0) is 36.6 Å². The van der Waals surface area contributed by atoms with Crippen molar-refractivity contribution in [3.05, 3.63) is 15.8 Å². The molecule has 1 N–H and O–H groups in total. The molecule has 0 unspecified atom stereocenters. The Labute approximate surface area is 123 Å². The molecule has 20 heavy (non-hydrogen) atoms. The molecule has 1 aliphatic rings. The second-order valence-corrected chi connectivity index (χ2v) is 6.25. The third kappa shape index (κ3) is 3.60. The van der Waals surface area contributed by atoms with Crippen LogP contribution in [0.5, 0.6) is 0 Å². The van der Waals surface area contributed by atoms with E-state index in [1.165, 1.54) is 37.7 Å². The Hall–Kier alpha value is -1.36. The standard InChI is InChI=1S/C15H21NO3S/c1-10-9-20-14(15(18)19-2)13(10)16-12(17)8-11-6-4-3-5-7-11/h9,11H,3-8H2,1-2H3,(H,16,17). The van der Waals surface area contributed by atoms with Crippen molar-refractivity contribution in [2.24, 2.45) is 5.92 Å². The Morgan fingerprint density at radius 3 is 2.70 bits per heavy atom. The van der Waals surface area contributed by atoms with E-state index in [-0.39, 0.29) is 5.91 Å². The van der Waals surface area contributed by atoms with Crippen molar-refractivity contribution in [3.8, 4) is 0 Å². The van der Waals surface area contributed by atoms with Gasteiger partial charge >= 0.3 is 5.97 Å². The molecule has 1 saturated carbocycles. The molecule has 0 spiro atoms. The molecule has 0 saturated heterocycles. The molecule has 4 nitrogen and oxygen atoms in total. The van der Waals surface area contributed by atoms with E-state index < -0.39 is 5.97 Å². The van der Waals surface area contributed by atoms with E-state index in [0.717, 1.165) is 18.4 Å². The summed E-state index contributed by atoms with van der Waals surface area (Å²) in [6.45, 7) is 1.89. The van der Waals surface area contributed by atoms with Crippen LogP contribution in [0.25, 0.3) is 0 Å². The average Bonchev–Trinajstić information content (AvgIpc) is 2.80. The van der Waals surface area contributed by atoms with E-state index in [4.69, 9.17) is 4.74 Å². The van der Waals surface area contributed by atoms with Gasteiger partial charge in [-0.2, -0.15) is 0 Å². The largest absolute Gasteiger partial charge is 0.465 e. The van der Waals surface area contributed by atoms with E-state index in [0.29, 0.717) is 22.9 Å². The number of amides is 1. The maximum atomic E-state index is 12.1. The van der Waals surface area contributed by atoms with Crippen LogP contribution >= 0.6 is 11.3 Å². The molecule has 1 aromatic heterocycles. The van der Waals surface area contributed by atoms with Crippen LogP contribution < -0.4 is 5.32 Å². The third-order valence-electron chi connectivity index (χ3n) is 3.81. The summed E-state index contributed by atoms with van der Waals surface area (Å²) in [4.78, 5) is 24.3. The third-order valence-corrected chi connectivity index (χ3v) is 4.89. The average molecular weight is 295 g/mol. The van der Waals surface area contributed by atoms with Gasteiger partial charge in [-0.3, -0.25) is 4.79 Å². The number of carbonyl (C=O) groups excluding carboxylic acids is 2. The lowest BCUT2D eigenvalue weighted by Crippen LogP contribution is -2.19. The molecule has 1 aliphatic carbocycles. The molecular formula is C15H21NO3S. The first kappa shape index (κ1) is 15.0. The molecule has 1 heterocycles. The van der Waals surface area contributed by atoms with Crippen LogP contribution in [0.2, 0.25) is 0 Å². The normalized spacial score (nSPS) is 15.9. The van der Waals surface area contributed by atoms with E-state index >= 15 is 0 Å². The lowest BCUT2D eigenvalue weighted by Gasteiger charge is -2.20. The molecule has 0 aromatic carbocycles. The number of thiophene rings is 1. The molecular weight excluding hydrogens is 274 g/mol. The first-order valence-electron chi connectivity index (χ1n) is 7.08. The van der Waals surface area contributed by atoms with Crippen LogP contribution in [0, 0.1) is 12.8 Å². The zero-order chi connectivity index (χ0) is 14.5. The number of anilines is 1. The number of hydrogen-bond donors (Lipinski definition) is 1. The first-order valence-corrected chi connectivity index (χ1v) is 7.96. The molecule has 0 bridgehead atoms. The zero-order valence-electron chi connectivity index (χ0n) is 12.0. The molecule has 1 fully saturated rings. The summed E-state index contributed by atoms with van der Waals surface area (Å²) in [5, 5.41) is 4.76. The van der Waals surface area contributed by atoms with Gasteiger partial charge in [0, 0.05) is 6.42 Å². The van der Waals surface area contributed by atoms with Crippen molar-refractivity contribution in [3.63, 3.8) is 0 Å². The lowest BCUT2D eigenvalue weighted by molar-refractivity contribution is -0.117. The highest BCUT2D eigenvalue weighted by Crippen LogP contribution is 2.30. The number of methoxy groups -OCH3 is 1. The highest BCUT2D eigenvalue weighted by atomic mass is 32.1. The van der Waals surface area contributed by atoms with Crippen LogP contribution in [-0.4, -0.2) is 19.0 Å². The number of rotatable bonds is 4. The van der Waals surface area contributed by atoms with Crippen molar-refractivity contribution in [2.45, 2.75) is 45.4 Å². The molecule has 2 rings (SSSR count). The Bertz CT molecular complexity index is 489. The smallest absolute Gasteiger partial charge is 0.350 e. The Morgan fingerprint density at radius 1 is 1.35 bits per heavy atom. The Morgan fingerprint density at radius 2 is 2.05 bits per heavy atom. The highest BCUT2D eigenvalue weighted by Gasteiger charge is 2.21. The number of ether oxygens (including phenoxy) is 1. The van der Waals surface area contributed by atoms with Gasteiger partial charge in [0.2, 0.25) is 5.91 Å². The lowest BCUT2D eigenvalue weighted by atomic mass is 9.87. The van der Waals surface area contributed by atoms with Crippen LogP contribution in [0.1, 0.15) is 53.8 Å². The van der Waals surface area contributed by atoms with Crippen molar-refractivity contribution in [2.75, 3.05) is 12.4 Å². The number of hydrogen-bond acceptors (Lipinski definition) is 4. The SMILES string of the molecule is COC(=O)c1scc(C)c1NC(=O)CC1CCCCC1. The number of nitrogens with one attached hydrogen (secondary N) is 1. The van der Waals surface area contributed by atoms with Crippen molar-refractivity contribution < 1.29 is 14.3 Å². The van der Waals surface area contributed by atoms with Crippen LogP contribution in [0.4, 0.5) is 5.69 Å². The number of esters is 1. The zero-order valence-corrected chi connectivity index (χ0v) is 12.8. The Balaban J connectivity index is 2.00. The fraction of sp³-hybridized carbons (Fsp3) is 0.600. The quantitative estimate of drug-likeness (QED) is 0.861. The van der Waals surface area contributed by atoms with Gasteiger partial charge in [0.15, 0.2) is 0 Å². The minimum atomic E-state index is -0.393. The number of carbonyl (C=O) groups is 2. The predicted octanol–water partition coefficient (Wildman–Crippen LogP) is 3.75. The summed E-state index contributed by atoms with van der Waals surface area (Å²) in [5.41, 5.74) is 1.52. The van der Waals surface area contributed by atoms with Gasteiger partial charge in [0.1, 0.15) is 4.88 Å². The van der Waals surface area contributed by atoms with Crippen LogP contribution in [0.15, 0.2) is 5.38 Å². The second-order valence-electron chi connectivity index (χ2n) is 5.37. The van der Waals surface area contributed by atoms with Crippen LogP contribution in [-0.2, 0) is 9.53 Å². The maximum Gasteiger partial charge on any atom is 0.350 e. The molecule has 110 valence electrons. The van der Waals surface area contributed by atoms with Gasteiger partial charge in [0.25, 0.3) is 0 Å². The topological polar surface area (TPSA) is 55.4 Å². The summed E-state index contributed by atoms with van der Waals surface area (Å²) in [7, 11) is 1.35.